The number of likely N-dealkylation sites (tertiary alicyclic amines) is 1. The van der Waals surface area contributed by atoms with Gasteiger partial charge in [-0.1, -0.05) is 81.4 Å². The Morgan fingerprint density at radius 3 is 1.81 bits per heavy atom. The molecular formula is C23H31NO2Si. The average molecular weight is 382 g/mol. The molecule has 0 bridgehead atoms. The van der Waals surface area contributed by atoms with Crippen molar-refractivity contribution < 1.29 is 9.22 Å². The van der Waals surface area contributed by atoms with Crippen molar-refractivity contribution in [3.63, 3.8) is 0 Å². The molecule has 1 saturated heterocycles. The third-order valence-corrected chi connectivity index (χ3v) is 10.6. The number of carbonyl (C=O) groups excluding carboxylic acids is 1. The van der Waals surface area contributed by atoms with E-state index >= 15 is 0 Å². The number of benzene rings is 2. The van der Waals surface area contributed by atoms with Crippen LogP contribution in [-0.2, 0) is 9.22 Å². The summed E-state index contributed by atoms with van der Waals surface area (Å²) in [5, 5.41) is 2.46. The third kappa shape index (κ3) is 3.74. The second-order valence-electron chi connectivity index (χ2n) is 8.75. The van der Waals surface area contributed by atoms with Gasteiger partial charge < -0.3 is 9.33 Å². The van der Waals surface area contributed by atoms with Crippen LogP contribution >= 0.6 is 0 Å². The summed E-state index contributed by atoms with van der Waals surface area (Å²) in [5.41, 5.74) is 0. The highest BCUT2D eigenvalue weighted by Gasteiger charge is 2.52. The van der Waals surface area contributed by atoms with Crippen molar-refractivity contribution in [2.75, 3.05) is 6.54 Å². The molecule has 1 atom stereocenters. The predicted molar refractivity (Wildman–Crippen MR) is 114 cm³/mol. The van der Waals surface area contributed by atoms with Gasteiger partial charge in [-0.15, -0.1) is 0 Å². The van der Waals surface area contributed by atoms with E-state index in [2.05, 4.69) is 95.3 Å². The summed E-state index contributed by atoms with van der Waals surface area (Å²) in [7, 11) is -2.59. The van der Waals surface area contributed by atoms with Gasteiger partial charge in [-0.05, 0) is 29.3 Å². The quantitative estimate of drug-likeness (QED) is 0.741. The highest BCUT2D eigenvalue weighted by Crippen LogP contribution is 2.38. The van der Waals surface area contributed by atoms with Crippen LogP contribution in [-0.4, -0.2) is 37.8 Å². The fraction of sp³-hybridized carbons (Fsp3) is 0.435. The molecule has 1 heterocycles. The first-order chi connectivity index (χ1) is 12.8. The van der Waals surface area contributed by atoms with Gasteiger partial charge in [0.2, 0.25) is 5.91 Å². The maximum Gasteiger partial charge on any atom is 0.261 e. The first-order valence-electron chi connectivity index (χ1n) is 9.84. The molecule has 27 heavy (non-hydrogen) atoms. The normalized spacial score (nSPS) is 18.4. The van der Waals surface area contributed by atoms with Crippen molar-refractivity contribution in [2.24, 2.45) is 0 Å². The molecule has 2 aromatic rings. The standard InChI is InChI=1S/C23H31NO2Si/c1-18(2)24-17-19(16-22(24)25)26-27(23(3,4)5,20-12-8-6-9-13-20)21-14-10-7-11-15-21/h6-15,18-19H,16-17H2,1-5H3/t19-/m1/s1. The lowest BCUT2D eigenvalue weighted by Crippen LogP contribution is -2.67. The fourth-order valence-corrected chi connectivity index (χ4v) is 8.89. The third-order valence-electron chi connectivity index (χ3n) is 5.51. The highest BCUT2D eigenvalue weighted by atomic mass is 28.4. The summed E-state index contributed by atoms with van der Waals surface area (Å²) in [6.07, 6.45) is 0.411. The predicted octanol–water partition coefficient (Wildman–Crippen LogP) is 3.57. The second kappa shape index (κ2) is 7.61. The topological polar surface area (TPSA) is 29.5 Å². The number of rotatable bonds is 5. The van der Waals surface area contributed by atoms with Gasteiger partial charge in [0, 0.05) is 12.6 Å². The Labute approximate surface area is 164 Å². The van der Waals surface area contributed by atoms with Gasteiger partial charge in [-0.3, -0.25) is 4.79 Å². The molecule has 0 spiro atoms. The second-order valence-corrected chi connectivity index (χ2v) is 13.0. The molecule has 1 fully saturated rings. The van der Waals surface area contributed by atoms with Crippen LogP contribution in [0, 0.1) is 0 Å². The molecule has 0 saturated carbocycles. The smallest absolute Gasteiger partial charge is 0.261 e. The molecule has 1 amide bonds. The summed E-state index contributed by atoms with van der Waals surface area (Å²) in [4.78, 5) is 14.4. The van der Waals surface area contributed by atoms with Gasteiger partial charge in [0.25, 0.3) is 8.32 Å². The van der Waals surface area contributed by atoms with E-state index in [1.165, 1.54) is 10.4 Å². The molecule has 144 valence electrons. The molecule has 1 aliphatic rings. The van der Waals surface area contributed by atoms with Crippen molar-refractivity contribution in [1.29, 1.82) is 0 Å². The minimum atomic E-state index is -2.59. The Hall–Kier alpha value is -1.91. The fourth-order valence-electron chi connectivity index (χ4n) is 4.22. The summed E-state index contributed by atoms with van der Waals surface area (Å²) in [5.74, 6) is 0.202. The summed E-state index contributed by atoms with van der Waals surface area (Å²) in [6, 6.07) is 21.5. The van der Waals surface area contributed by atoms with Crippen LogP contribution in [0.15, 0.2) is 60.7 Å². The SMILES string of the molecule is CC(C)N1C[C@H](O[Si](c2ccccc2)(c2ccccc2)C(C)(C)C)CC1=O. The van der Waals surface area contributed by atoms with Crippen LogP contribution < -0.4 is 10.4 Å². The van der Waals surface area contributed by atoms with E-state index in [1.807, 2.05) is 4.90 Å². The Morgan fingerprint density at radius 1 is 0.963 bits per heavy atom. The first-order valence-corrected chi connectivity index (χ1v) is 11.7. The van der Waals surface area contributed by atoms with Crippen LogP contribution in [0.2, 0.25) is 5.04 Å². The summed E-state index contributed by atoms with van der Waals surface area (Å²) >= 11 is 0. The van der Waals surface area contributed by atoms with Crippen LogP contribution in [0.1, 0.15) is 41.0 Å². The zero-order valence-corrected chi connectivity index (χ0v) is 18.1. The largest absolute Gasteiger partial charge is 0.402 e. The van der Waals surface area contributed by atoms with Crippen LogP contribution in [0.4, 0.5) is 0 Å². The van der Waals surface area contributed by atoms with E-state index in [0.29, 0.717) is 13.0 Å². The number of carbonyl (C=O) groups is 1. The number of hydrogen-bond acceptors (Lipinski definition) is 2. The zero-order valence-electron chi connectivity index (χ0n) is 17.1. The highest BCUT2D eigenvalue weighted by molar-refractivity contribution is 6.99. The molecule has 0 radical (unpaired) electrons. The Kier molecular flexibility index (Phi) is 5.59. The molecular weight excluding hydrogens is 350 g/mol. The van der Waals surface area contributed by atoms with Crippen LogP contribution in [0.5, 0.6) is 0 Å². The molecule has 4 heteroatoms. The summed E-state index contributed by atoms with van der Waals surface area (Å²) < 4.78 is 7.06. The zero-order chi connectivity index (χ0) is 19.7. The van der Waals surface area contributed by atoms with Gasteiger partial charge in [0.1, 0.15) is 0 Å². The molecule has 0 aromatic heterocycles. The summed E-state index contributed by atoms with van der Waals surface area (Å²) in [6.45, 7) is 11.6. The molecule has 2 aromatic carbocycles. The lowest BCUT2D eigenvalue weighted by atomic mass is 10.2. The van der Waals surface area contributed by atoms with Crippen molar-refractivity contribution >= 4 is 24.6 Å². The number of amides is 1. The van der Waals surface area contributed by atoms with Gasteiger partial charge in [-0.2, -0.15) is 0 Å². The Balaban J connectivity index is 2.09. The molecule has 0 N–H and O–H groups in total. The van der Waals surface area contributed by atoms with Crippen molar-refractivity contribution in [3.05, 3.63) is 60.7 Å². The lowest BCUT2D eigenvalue weighted by Gasteiger charge is -2.44. The average Bonchev–Trinajstić information content (AvgIpc) is 3.00. The van der Waals surface area contributed by atoms with E-state index in [9.17, 15) is 4.79 Å². The number of hydrogen-bond donors (Lipinski definition) is 0. The van der Waals surface area contributed by atoms with E-state index in [1.54, 1.807) is 0 Å². The van der Waals surface area contributed by atoms with E-state index in [-0.39, 0.29) is 23.1 Å². The minimum Gasteiger partial charge on any atom is -0.402 e. The van der Waals surface area contributed by atoms with E-state index in [4.69, 9.17) is 4.43 Å². The lowest BCUT2D eigenvalue weighted by molar-refractivity contribution is -0.129. The maximum absolute atomic E-state index is 12.5. The van der Waals surface area contributed by atoms with E-state index < -0.39 is 8.32 Å². The monoisotopic (exact) mass is 381 g/mol. The van der Waals surface area contributed by atoms with Crippen LogP contribution in [0.25, 0.3) is 0 Å². The minimum absolute atomic E-state index is 0.0637. The Morgan fingerprint density at radius 2 is 1.44 bits per heavy atom. The van der Waals surface area contributed by atoms with Crippen molar-refractivity contribution in [3.8, 4) is 0 Å². The Bertz CT molecular complexity index is 728. The maximum atomic E-state index is 12.5. The van der Waals surface area contributed by atoms with Gasteiger partial charge in [0.05, 0.1) is 12.5 Å². The molecule has 1 aliphatic heterocycles. The molecule has 3 nitrogen and oxygen atoms in total. The van der Waals surface area contributed by atoms with Crippen LogP contribution in [0.3, 0.4) is 0 Å². The van der Waals surface area contributed by atoms with Gasteiger partial charge in [-0.25, -0.2) is 0 Å². The molecule has 0 unspecified atom stereocenters. The first kappa shape index (κ1) is 19.8. The molecule has 0 aliphatic carbocycles. The number of nitrogens with zero attached hydrogens (tertiary/aromatic N) is 1. The van der Waals surface area contributed by atoms with Gasteiger partial charge >= 0.3 is 0 Å². The van der Waals surface area contributed by atoms with Crippen molar-refractivity contribution in [1.82, 2.24) is 4.90 Å². The van der Waals surface area contributed by atoms with E-state index in [0.717, 1.165) is 0 Å². The molecule has 3 rings (SSSR count). The van der Waals surface area contributed by atoms with Gasteiger partial charge in [0.15, 0.2) is 0 Å². The van der Waals surface area contributed by atoms with Crippen molar-refractivity contribution in [2.45, 2.75) is 58.2 Å².